The summed E-state index contributed by atoms with van der Waals surface area (Å²) in [6, 6.07) is 5.98. The Morgan fingerprint density at radius 1 is 1.15 bits per heavy atom. The van der Waals surface area contributed by atoms with E-state index >= 15 is 0 Å². The molecule has 1 atom stereocenters. The normalized spacial score (nSPS) is 24.2. The van der Waals surface area contributed by atoms with E-state index in [1.807, 2.05) is 12.1 Å². The van der Waals surface area contributed by atoms with E-state index in [-0.39, 0.29) is 18.2 Å². The molecule has 2 fully saturated rings. The van der Waals surface area contributed by atoms with Crippen molar-refractivity contribution in [2.24, 2.45) is 5.92 Å². The molecule has 0 unspecified atom stereocenters. The quantitative estimate of drug-likeness (QED) is 0.875. The van der Waals surface area contributed by atoms with Gasteiger partial charge in [0.25, 0.3) is 5.91 Å². The van der Waals surface area contributed by atoms with Gasteiger partial charge < -0.3 is 14.9 Å². The zero-order valence-corrected chi connectivity index (χ0v) is 15.0. The van der Waals surface area contributed by atoms with Crippen molar-refractivity contribution in [3.63, 3.8) is 0 Å². The first-order chi connectivity index (χ1) is 12.4. The first kappa shape index (κ1) is 17.1. The Balaban J connectivity index is 1.50. The van der Waals surface area contributed by atoms with Crippen molar-refractivity contribution < 1.29 is 19.5 Å². The number of carboxylic acid groups (broad SMARTS) is 1. The second-order valence-corrected chi connectivity index (χ2v) is 7.78. The van der Waals surface area contributed by atoms with E-state index in [1.54, 1.807) is 16.8 Å². The molecule has 138 valence electrons. The number of rotatable bonds is 2. The van der Waals surface area contributed by atoms with Gasteiger partial charge in [-0.1, -0.05) is 6.07 Å². The molecule has 2 aliphatic heterocycles. The first-order valence-corrected chi connectivity index (χ1v) is 9.33. The number of hydrogen-bond acceptors (Lipinski definition) is 3. The van der Waals surface area contributed by atoms with Crippen LogP contribution < -0.4 is 0 Å². The number of carboxylic acids is 1. The van der Waals surface area contributed by atoms with Crippen molar-refractivity contribution in [3.05, 3.63) is 34.9 Å². The molecule has 1 spiro atoms. The number of carbonyl (C=O) groups excluding carboxylic acids is 2. The van der Waals surface area contributed by atoms with Gasteiger partial charge >= 0.3 is 5.97 Å². The van der Waals surface area contributed by atoms with Gasteiger partial charge in [0.15, 0.2) is 0 Å². The molecule has 0 aromatic heterocycles. The molecule has 2 amide bonds. The molecule has 1 aliphatic carbocycles. The lowest BCUT2D eigenvalue weighted by Crippen LogP contribution is -2.56. The summed E-state index contributed by atoms with van der Waals surface area (Å²) in [5.41, 5.74) is 2.68. The van der Waals surface area contributed by atoms with Gasteiger partial charge in [0.2, 0.25) is 5.91 Å². The average Bonchev–Trinajstić information content (AvgIpc) is 3.20. The number of amides is 2. The Bertz CT molecular complexity index is 780. The van der Waals surface area contributed by atoms with Gasteiger partial charge in [-0.25, -0.2) is 0 Å². The topological polar surface area (TPSA) is 77.9 Å². The van der Waals surface area contributed by atoms with Gasteiger partial charge in [-0.3, -0.25) is 14.4 Å². The number of likely N-dealkylation sites (tertiary alicyclic amines) is 2. The Hall–Kier alpha value is -2.37. The second kappa shape index (κ2) is 6.11. The second-order valence-electron chi connectivity index (χ2n) is 7.78. The highest BCUT2D eigenvalue weighted by Gasteiger charge is 2.55. The molecule has 0 bridgehead atoms. The average molecular weight is 356 g/mol. The van der Waals surface area contributed by atoms with E-state index in [0.717, 1.165) is 19.3 Å². The summed E-state index contributed by atoms with van der Waals surface area (Å²) in [4.78, 5) is 40.1. The van der Waals surface area contributed by atoms with Crippen LogP contribution in [-0.2, 0) is 22.4 Å². The van der Waals surface area contributed by atoms with Crippen LogP contribution in [0.2, 0.25) is 0 Å². The molecule has 0 radical (unpaired) electrons. The summed E-state index contributed by atoms with van der Waals surface area (Å²) in [5.74, 6) is -1.71. The van der Waals surface area contributed by atoms with Crippen molar-refractivity contribution >= 4 is 17.8 Å². The Labute approximate surface area is 152 Å². The fourth-order valence-corrected chi connectivity index (χ4v) is 4.97. The maximum absolute atomic E-state index is 12.9. The molecule has 6 nitrogen and oxygen atoms in total. The molecule has 2 saturated heterocycles. The molecule has 2 heterocycles. The van der Waals surface area contributed by atoms with Crippen molar-refractivity contribution in [1.29, 1.82) is 0 Å². The number of carbonyl (C=O) groups is 3. The lowest BCUT2D eigenvalue weighted by atomic mass is 9.77. The van der Waals surface area contributed by atoms with Crippen molar-refractivity contribution in [2.45, 2.75) is 44.1 Å². The minimum Gasteiger partial charge on any atom is -0.481 e. The first-order valence-electron chi connectivity index (χ1n) is 9.33. The zero-order chi connectivity index (χ0) is 18.5. The van der Waals surface area contributed by atoms with Gasteiger partial charge in [0, 0.05) is 32.1 Å². The Morgan fingerprint density at radius 3 is 2.54 bits per heavy atom. The SMILES string of the molecule is CN1C(=O)C[C@H](C(=O)O)C12CCN(C(=O)c1ccc3c(c1)CCC3)CC2. The maximum atomic E-state index is 12.9. The van der Waals surface area contributed by atoms with E-state index in [4.69, 9.17) is 0 Å². The smallest absolute Gasteiger partial charge is 0.309 e. The fraction of sp³-hybridized carbons (Fsp3) is 0.550. The van der Waals surface area contributed by atoms with E-state index in [0.29, 0.717) is 31.5 Å². The fourth-order valence-electron chi connectivity index (χ4n) is 4.97. The lowest BCUT2D eigenvalue weighted by molar-refractivity contribution is -0.145. The molecule has 6 heteroatoms. The summed E-state index contributed by atoms with van der Waals surface area (Å²) >= 11 is 0. The highest BCUT2D eigenvalue weighted by atomic mass is 16.4. The summed E-state index contributed by atoms with van der Waals surface area (Å²) in [6.45, 7) is 0.967. The van der Waals surface area contributed by atoms with Gasteiger partial charge in [0.1, 0.15) is 0 Å². The third-order valence-corrected chi connectivity index (χ3v) is 6.63. The molecule has 1 aromatic rings. The molecule has 26 heavy (non-hydrogen) atoms. The number of nitrogens with zero attached hydrogens (tertiary/aromatic N) is 2. The highest BCUT2D eigenvalue weighted by molar-refractivity contribution is 5.95. The Kier molecular flexibility index (Phi) is 4.01. The molecule has 1 N–H and O–H groups in total. The number of fused-ring (bicyclic) bond motifs is 1. The lowest BCUT2D eigenvalue weighted by Gasteiger charge is -2.45. The van der Waals surface area contributed by atoms with Crippen molar-refractivity contribution in [1.82, 2.24) is 9.80 Å². The van der Waals surface area contributed by atoms with Gasteiger partial charge in [-0.05, 0) is 55.4 Å². The number of piperidine rings is 1. The maximum Gasteiger partial charge on any atom is 0.309 e. The van der Waals surface area contributed by atoms with Crippen LogP contribution in [0.4, 0.5) is 0 Å². The summed E-state index contributed by atoms with van der Waals surface area (Å²) in [5, 5.41) is 9.55. The molecular formula is C20H24N2O4. The number of benzene rings is 1. The summed E-state index contributed by atoms with van der Waals surface area (Å²) < 4.78 is 0. The molecule has 4 rings (SSSR count). The molecule has 3 aliphatic rings. The van der Waals surface area contributed by atoms with E-state index < -0.39 is 17.4 Å². The van der Waals surface area contributed by atoms with Gasteiger partial charge in [-0.2, -0.15) is 0 Å². The number of aliphatic carboxylic acids is 1. The van der Waals surface area contributed by atoms with Gasteiger partial charge in [0.05, 0.1) is 11.5 Å². The largest absolute Gasteiger partial charge is 0.481 e. The summed E-state index contributed by atoms with van der Waals surface area (Å²) in [7, 11) is 1.70. The minimum absolute atomic E-state index is 0.00778. The van der Waals surface area contributed by atoms with Crippen LogP contribution in [0.25, 0.3) is 0 Å². The third-order valence-electron chi connectivity index (χ3n) is 6.63. The van der Waals surface area contributed by atoms with Crippen LogP contribution in [0.1, 0.15) is 47.2 Å². The summed E-state index contributed by atoms with van der Waals surface area (Å²) in [6.07, 6.45) is 4.37. The number of aryl methyl sites for hydroxylation is 2. The van der Waals surface area contributed by atoms with Crippen LogP contribution in [0.15, 0.2) is 18.2 Å². The highest BCUT2D eigenvalue weighted by Crippen LogP contribution is 2.43. The third kappa shape index (κ3) is 2.50. The molecule has 0 saturated carbocycles. The molecular weight excluding hydrogens is 332 g/mol. The van der Waals surface area contributed by atoms with Crippen LogP contribution in [0.5, 0.6) is 0 Å². The van der Waals surface area contributed by atoms with Crippen LogP contribution >= 0.6 is 0 Å². The minimum atomic E-state index is -0.916. The predicted molar refractivity (Wildman–Crippen MR) is 94.8 cm³/mol. The number of hydrogen-bond donors (Lipinski definition) is 1. The standard InChI is InChI=1S/C20H24N2O4/c1-21-17(23)12-16(19(25)26)20(21)7-9-22(10-8-20)18(24)15-6-5-13-3-2-4-14(13)11-15/h5-6,11,16H,2-4,7-10,12H2,1H3,(H,25,26)/t16-/m1/s1. The van der Waals surface area contributed by atoms with Crippen LogP contribution in [-0.4, -0.2) is 58.4 Å². The predicted octanol–water partition coefficient (Wildman–Crippen LogP) is 1.71. The van der Waals surface area contributed by atoms with Crippen molar-refractivity contribution in [2.75, 3.05) is 20.1 Å². The van der Waals surface area contributed by atoms with E-state index in [2.05, 4.69) is 6.07 Å². The van der Waals surface area contributed by atoms with E-state index in [9.17, 15) is 19.5 Å². The van der Waals surface area contributed by atoms with Crippen molar-refractivity contribution in [3.8, 4) is 0 Å². The Morgan fingerprint density at radius 2 is 1.85 bits per heavy atom. The zero-order valence-electron chi connectivity index (χ0n) is 15.0. The molecule has 1 aromatic carbocycles. The van der Waals surface area contributed by atoms with Crippen LogP contribution in [0.3, 0.4) is 0 Å². The van der Waals surface area contributed by atoms with Gasteiger partial charge in [-0.15, -0.1) is 0 Å². The van der Waals surface area contributed by atoms with E-state index in [1.165, 1.54) is 11.1 Å². The monoisotopic (exact) mass is 356 g/mol. The van der Waals surface area contributed by atoms with Crippen LogP contribution in [0, 0.1) is 5.92 Å².